The van der Waals surface area contributed by atoms with Crippen LogP contribution in [0.3, 0.4) is 0 Å². The number of hydrogen-bond donors (Lipinski definition) is 2. The zero-order valence-electron chi connectivity index (χ0n) is 24.3. The first-order valence-electron chi connectivity index (χ1n) is 13.4. The second-order valence-electron chi connectivity index (χ2n) is 12.1. The maximum atomic E-state index is 13.0. The van der Waals surface area contributed by atoms with E-state index in [9.17, 15) is 9.59 Å². The highest BCUT2D eigenvalue weighted by Gasteiger charge is 2.38. The molecule has 2 atom stereocenters. The fourth-order valence-electron chi connectivity index (χ4n) is 4.83. The first-order chi connectivity index (χ1) is 15.5. The fourth-order valence-corrected chi connectivity index (χ4v) is 4.83. The van der Waals surface area contributed by atoms with Gasteiger partial charge in [-0.05, 0) is 66.7 Å². The molecule has 0 rings (SSSR count). The summed E-state index contributed by atoms with van der Waals surface area (Å²) in [5.41, 5.74) is -1.67. The quantitative estimate of drug-likeness (QED) is 0.244. The van der Waals surface area contributed by atoms with Crippen LogP contribution >= 0.6 is 0 Å². The second-order valence-corrected chi connectivity index (χ2v) is 12.1. The van der Waals surface area contributed by atoms with Gasteiger partial charge in [0, 0.05) is 31.0 Å². The smallest absolute Gasteiger partial charge is 0.225 e. The number of methoxy groups -OCH3 is 1. The lowest BCUT2D eigenvalue weighted by molar-refractivity contribution is -0.141. The van der Waals surface area contributed by atoms with E-state index in [2.05, 4.69) is 38.3 Å². The number of amides is 2. The van der Waals surface area contributed by atoms with Gasteiger partial charge in [-0.3, -0.25) is 9.59 Å². The highest BCUT2D eigenvalue weighted by molar-refractivity contribution is 5.83. The number of carbonyl (C=O) groups is 2. The maximum Gasteiger partial charge on any atom is 0.225 e. The van der Waals surface area contributed by atoms with Crippen LogP contribution in [-0.4, -0.2) is 48.3 Å². The molecule has 0 aliphatic carbocycles. The Morgan fingerprint density at radius 3 is 2.00 bits per heavy atom. The summed E-state index contributed by atoms with van der Waals surface area (Å²) in [4.78, 5) is 25.5. The molecule has 0 heterocycles. The predicted molar refractivity (Wildman–Crippen MR) is 142 cm³/mol. The zero-order valence-corrected chi connectivity index (χ0v) is 24.3. The molecule has 0 saturated heterocycles. The summed E-state index contributed by atoms with van der Waals surface area (Å²) in [6.45, 7) is 20.9. The van der Waals surface area contributed by atoms with Gasteiger partial charge >= 0.3 is 0 Å². The van der Waals surface area contributed by atoms with Crippen LogP contribution in [0.1, 0.15) is 127 Å². The summed E-state index contributed by atoms with van der Waals surface area (Å²) < 4.78 is 12.1. The third-order valence-corrected chi connectivity index (χ3v) is 6.66. The summed E-state index contributed by atoms with van der Waals surface area (Å²) in [6, 6.07) is 0. The molecule has 6 nitrogen and oxygen atoms in total. The van der Waals surface area contributed by atoms with Gasteiger partial charge in [-0.15, -0.1) is 0 Å². The summed E-state index contributed by atoms with van der Waals surface area (Å²) >= 11 is 0. The Morgan fingerprint density at radius 2 is 1.50 bits per heavy atom. The van der Waals surface area contributed by atoms with Crippen LogP contribution < -0.4 is 10.6 Å². The molecule has 2 amide bonds. The number of hydrogen-bond acceptors (Lipinski definition) is 4. The molecule has 2 N–H and O–H groups in total. The number of carbonyl (C=O) groups excluding carboxylic acids is 2. The van der Waals surface area contributed by atoms with Gasteiger partial charge in [-0.1, -0.05) is 53.9 Å². The number of nitrogens with one attached hydrogen (secondary N) is 2. The molecule has 202 valence electrons. The lowest BCUT2D eigenvalue weighted by atomic mass is 9.78. The lowest BCUT2D eigenvalue weighted by Crippen LogP contribution is -2.49. The summed E-state index contributed by atoms with van der Waals surface area (Å²) in [5.74, 6) is -0.112. The van der Waals surface area contributed by atoms with Gasteiger partial charge < -0.3 is 20.1 Å². The molecular formula is C28H56N2O4. The van der Waals surface area contributed by atoms with E-state index in [4.69, 9.17) is 9.47 Å². The molecule has 0 fully saturated rings. The average Bonchev–Trinajstić information content (AvgIpc) is 2.70. The Bertz CT molecular complexity index is 616. The van der Waals surface area contributed by atoms with Crippen LogP contribution in [0.2, 0.25) is 0 Å². The van der Waals surface area contributed by atoms with Crippen molar-refractivity contribution in [2.45, 2.75) is 150 Å². The van der Waals surface area contributed by atoms with E-state index >= 15 is 0 Å². The molecule has 0 saturated carbocycles. The average molecular weight is 485 g/mol. The largest absolute Gasteiger partial charge is 0.379 e. The minimum Gasteiger partial charge on any atom is -0.379 e. The van der Waals surface area contributed by atoms with Crippen molar-refractivity contribution >= 4 is 11.8 Å². The van der Waals surface area contributed by atoms with Crippen molar-refractivity contribution in [1.82, 2.24) is 10.6 Å². The van der Waals surface area contributed by atoms with Crippen molar-refractivity contribution < 1.29 is 19.1 Å². The van der Waals surface area contributed by atoms with Crippen LogP contribution in [0.15, 0.2) is 0 Å². The Morgan fingerprint density at radius 1 is 0.882 bits per heavy atom. The van der Waals surface area contributed by atoms with Gasteiger partial charge in [-0.2, -0.15) is 0 Å². The van der Waals surface area contributed by atoms with Crippen molar-refractivity contribution in [3.63, 3.8) is 0 Å². The molecular weight excluding hydrogens is 428 g/mol. The van der Waals surface area contributed by atoms with Crippen LogP contribution in [0, 0.1) is 5.41 Å². The van der Waals surface area contributed by atoms with Crippen LogP contribution in [0.25, 0.3) is 0 Å². The van der Waals surface area contributed by atoms with Gasteiger partial charge in [0.05, 0.1) is 17.3 Å². The lowest BCUT2D eigenvalue weighted by Gasteiger charge is -2.39. The van der Waals surface area contributed by atoms with Crippen molar-refractivity contribution in [3.05, 3.63) is 0 Å². The minimum atomic E-state index is -0.593. The zero-order chi connectivity index (χ0) is 26.6. The van der Waals surface area contributed by atoms with E-state index in [0.29, 0.717) is 19.4 Å². The highest BCUT2D eigenvalue weighted by Crippen LogP contribution is 2.35. The predicted octanol–water partition coefficient (Wildman–Crippen LogP) is 6.16. The second kappa shape index (κ2) is 14.4. The van der Waals surface area contributed by atoms with Gasteiger partial charge in [0.15, 0.2) is 0 Å². The SMILES string of the molecule is CCCCC(CCC)OC(C)(CC)CC(C)(C)C(=O)NCCC(=O)NC(C)(C)CC(C)(C)OC. The van der Waals surface area contributed by atoms with E-state index in [0.717, 1.165) is 38.5 Å². The standard InChI is InChI=1S/C28H56N2O4/c1-12-15-17-22(16-13-2)34-28(10,14-3)20-25(4,5)24(32)29-19-18-23(31)30-26(6,7)21-27(8,9)33-11/h22H,12-21H2,1-11H3,(H,29,32)(H,30,31). The Labute approximate surface area is 210 Å². The van der Waals surface area contributed by atoms with E-state index in [-0.39, 0.29) is 35.5 Å². The highest BCUT2D eigenvalue weighted by atomic mass is 16.5. The Kier molecular flexibility index (Phi) is 13.9. The topological polar surface area (TPSA) is 76.7 Å². The molecule has 2 unspecified atom stereocenters. The molecule has 0 aliphatic rings. The molecule has 0 aromatic heterocycles. The van der Waals surface area contributed by atoms with Gasteiger partial charge in [0.1, 0.15) is 0 Å². The molecule has 0 aromatic rings. The van der Waals surface area contributed by atoms with Crippen molar-refractivity contribution in [1.29, 1.82) is 0 Å². The first-order valence-corrected chi connectivity index (χ1v) is 13.4. The van der Waals surface area contributed by atoms with E-state index in [1.165, 1.54) is 0 Å². The monoisotopic (exact) mass is 484 g/mol. The fraction of sp³-hybridized carbons (Fsp3) is 0.929. The van der Waals surface area contributed by atoms with E-state index in [1.54, 1.807) is 7.11 Å². The molecule has 6 heteroatoms. The van der Waals surface area contributed by atoms with Crippen molar-refractivity contribution in [3.8, 4) is 0 Å². The summed E-state index contributed by atoms with van der Waals surface area (Å²) in [5, 5.41) is 6.05. The maximum absolute atomic E-state index is 13.0. The molecule has 0 bridgehead atoms. The van der Waals surface area contributed by atoms with Crippen LogP contribution in [0.5, 0.6) is 0 Å². The number of unbranched alkanes of at least 4 members (excludes halogenated alkanes) is 1. The molecule has 0 aromatic carbocycles. The van der Waals surface area contributed by atoms with E-state index in [1.807, 2.05) is 41.5 Å². The number of rotatable bonds is 18. The Hall–Kier alpha value is -1.14. The van der Waals surface area contributed by atoms with E-state index < -0.39 is 11.0 Å². The van der Waals surface area contributed by atoms with Crippen molar-refractivity contribution in [2.24, 2.45) is 5.41 Å². The molecule has 0 aliphatic heterocycles. The first kappa shape index (κ1) is 32.9. The third-order valence-electron chi connectivity index (χ3n) is 6.66. The minimum absolute atomic E-state index is 0.0380. The molecule has 0 spiro atoms. The molecule has 34 heavy (non-hydrogen) atoms. The van der Waals surface area contributed by atoms with Gasteiger partial charge in [0.25, 0.3) is 0 Å². The van der Waals surface area contributed by atoms with Gasteiger partial charge in [0.2, 0.25) is 11.8 Å². The summed E-state index contributed by atoms with van der Waals surface area (Å²) in [6.07, 6.45) is 8.21. The Balaban J connectivity index is 4.85. The van der Waals surface area contributed by atoms with Crippen LogP contribution in [-0.2, 0) is 19.1 Å². The summed E-state index contributed by atoms with van der Waals surface area (Å²) in [7, 11) is 1.68. The molecule has 0 radical (unpaired) electrons. The third kappa shape index (κ3) is 13.1. The van der Waals surface area contributed by atoms with Crippen molar-refractivity contribution in [2.75, 3.05) is 13.7 Å². The van der Waals surface area contributed by atoms with Gasteiger partial charge in [-0.25, -0.2) is 0 Å². The van der Waals surface area contributed by atoms with Crippen LogP contribution in [0.4, 0.5) is 0 Å². The normalized spacial score (nSPS) is 15.5. The number of ether oxygens (including phenoxy) is 2.